The maximum absolute atomic E-state index is 13.2. The first-order chi connectivity index (χ1) is 13.1. The first-order valence-electron chi connectivity index (χ1n) is 9.85. The average molecular weight is 400 g/mol. The van der Waals surface area contributed by atoms with Gasteiger partial charge in [0.15, 0.2) is 0 Å². The molecule has 0 saturated heterocycles. The van der Waals surface area contributed by atoms with Crippen molar-refractivity contribution in [2.75, 3.05) is 0 Å². The molecule has 2 aromatic rings. The Balaban J connectivity index is 2.31. The lowest BCUT2D eigenvalue weighted by atomic mass is 9.80. The fraction of sp³-hybridized carbons (Fsp3) is 0.417. The van der Waals surface area contributed by atoms with Gasteiger partial charge in [-0.25, -0.2) is 12.4 Å². The molecule has 2 rings (SSSR count). The van der Waals surface area contributed by atoms with Crippen molar-refractivity contribution in [1.82, 2.24) is 3.97 Å². The summed E-state index contributed by atoms with van der Waals surface area (Å²) in [6, 6.07) is 8.90. The molecule has 0 spiro atoms. The Morgan fingerprint density at radius 2 is 1.79 bits per heavy atom. The van der Waals surface area contributed by atoms with Crippen molar-refractivity contribution in [3.63, 3.8) is 0 Å². The summed E-state index contributed by atoms with van der Waals surface area (Å²) < 4.78 is 27.9. The van der Waals surface area contributed by atoms with Crippen molar-refractivity contribution < 1.29 is 8.42 Å². The van der Waals surface area contributed by atoms with Crippen LogP contribution < -0.4 is 0 Å². The van der Waals surface area contributed by atoms with E-state index in [1.165, 1.54) is 9.55 Å². The Bertz CT molecular complexity index is 945. The van der Waals surface area contributed by atoms with Gasteiger partial charge < -0.3 is 0 Å². The second-order valence-corrected chi connectivity index (χ2v) is 10.1. The fourth-order valence-electron chi connectivity index (χ4n) is 3.35. The van der Waals surface area contributed by atoms with Gasteiger partial charge in [0, 0.05) is 11.9 Å². The van der Waals surface area contributed by atoms with Crippen LogP contribution in [0.5, 0.6) is 0 Å². The van der Waals surface area contributed by atoms with Crippen molar-refractivity contribution in [2.24, 2.45) is 5.41 Å². The Labute approximate surface area is 170 Å². The molecule has 152 valence electrons. The van der Waals surface area contributed by atoms with Crippen molar-refractivity contribution in [3.05, 3.63) is 77.7 Å². The number of rotatable bonds is 9. The molecule has 0 fully saturated rings. The number of nitrogens with zero attached hydrogens (tertiary/aromatic N) is 1. The van der Waals surface area contributed by atoms with E-state index in [9.17, 15) is 8.42 Å². The molecule has 3 nitrogen and oxygen atoms in total. The van der Waals surface area contributed by atoms with Gasteiger partial charge in [0.25, 0.3) is 10.0 Å². The highest BCUT2D eigenvalue weighted by Gasteiger charge is 2.27. The van der Waals surface area contributed by atoms with Gasteiger partial charge in [-0.2, -0.15) is 0 Å². The molecule has 0 bridgehead atoms. The summed E-state index contributed by atoms with van der Waals surface area (Å²) in [7, 11) is -3.61. The number of hydrogen-bond donors (Lipinski definition) is 0. The van der Waals surface area contributed by atoms with E-state index in [2.05, 4.69) is 33.4 Å². The van der Waals surface area contributed by atoms with E-state index >= 15 is 0 Å². The lowest BCUT2D eigenvalue weighted by Gasteiger charge is -2.27. The molecule has 1 unspecified atom stereocenters. The molecule has 28 heavy (non-hydrogen) atoms. The van der Waals surface area contributed by atoms with Crippen LogP contribution in [0.3, 0.4) is 0 Å². The number of hydrogen-bond acceptors (Lipinski definition) is 2. The molecule has 0 aliphatic rings. The van der Waals surface area contributed by atoms with E-state index in [4.69, 9.17) is 0 Å². The number of unbranched alkanes of at least 4 members (excludes halogenated alkanes) is 1. The van der Waals surface area contributed by atoms with E-state index in [1.807, 2.05) is 38.1 Å². The molecular weight excluding hydrogens is 366 g/mol. The highest BCUT2D eigenvalue weighted by atomic mass is 32.2. The minimum absolute atomic E-state index is 0.154. The van der Waals surface area contributed by atoms with Gasteiger partial charge in [-0.15, -0.1) is 6.58 Å². The summed E-state index contributed by atoms with van der Waals surface area (Å²) in [6.45, 7) is 14.4. The van der Waals surface area contributed by atoms with Gasteiger partial charge >= 0.3 is 0 Å². The molecular formula is C24H33NO2S. The van der Waals surface area contributed by atoms with Crippen LogP contribution in [0.25, 0.3) is 0 Å². The van der Waals surface area contributed by atoms with Crippen molar-refractivity contribution in [2.45, 2.75) is 65.2 Å². The van der Waals surface area contributed by atoms with Gasteiger partial charge in [-0.3, -0.25) is 0 Å². The van der Waals surface area contributed by atoms with Crippen LogP contribution in [0, 0.1) is 19.3 Å². The number of aromatic nitrogens is 1. The molecule has 0 radical (unpaired) electrons. The third kappa shape index (κ3) is 5.26. The Morgan fingerprint density at radius 1 is 1.14 bits per heavy atom. The van der Waals surface area contributed by atoms with E-state index in [-0.39, 0.29) is 5.41 Å². The predicted octanol–water partition coefficient (Wildman–Crippen LogP) is 6.21. The summed E-state index contributed by atoms with van der Waals surface area (Å²) >= 11 is 0. The zero-order valence-corrected chi connectivity index (χ0v) is 18.6. The average Bonchev–Trinajstić information content (AvgIpc) is 3.00. The van der Waals surface area contributed by atoms with Crippen LogP contribution in [0.1, 0.15) is 56.9 Å². The minimum Gasteiger partial charge on any atom is -0.246 e. The third-order valence-corrected chi connectivity index (χ3v) is 7.06. The largest absolute Gasteiger partial charge is 0.267 e. The van der Waals surface area contributed by atoms with Crippen molar-refractivity contribution in [1.29, 1.82) is 0 Å². The number of aryl methyl sites for hydroxylation is 2. The molecule has 1 aromatic carbocycles. The molecule has 0 N–H and O–H groups in total. The van der Waals surface area contributed by atoms with Crippen LogP contribution in [0.4, 0.5) is 0 Å². The second kappa shape index (κ2) is 8.95. The predicted molar refractivity (Wildman–Crippen MR) is 118 cm³/mol. The monoisotopic (exact) mass is 399 g/mol. The summed E-state index contributed by atoms with van der Waals surface area (Å²) in [4.78, 5) is 0.318. The lowest BCUT2D eigenvalue weighted by Crippen LogP contribution is -2.22. The van der Waals surface area contributed by atoms with Crippen LogP contribution in [-0.2, 0) is 16.4 Å². The van der Waals surface area contributed by atoms with Crippen LogP contribution in [-0.4, -0.2) is 12.4 Å². The zero-order valence-electron chi connectivity index (χ0n) is 17.8. The molecule has 1 heterocycles. The Morgan fingerprint density at radius 3 is 2.36 bits per heavy atom. The van der Waals surface area contributed by atoms with Crippen LogP contribution in [0.15, 0.2) is 65.7 Å². The summed E-state index contributed by atoms with van der Waals surface area (Å²) in [5.41, 5.74) is 4.05. The fourth-order valence-corrected chi connectivity index (χ4v) is 4.77. The molecule has 4 heteroatoms. The summed E-state index contributed by atoms with van der Waals surface area (Å²) in [5, 5.41) is 0. The van der Waals surface area contributed by atoms with Gasteiger partial charge in [-0.05, 0) is 82.6 Å². The highest BCUT2D eigenvalue weighted by molar-refractivity contribution is 7.90. The van der Waals surface area contributed by atoms with Gasteiger partial charge in [-0.1, -0.05) is 42.3 Å². The second-order valence-electron chi connectivity index (χ2n) is 8.27. The first-order valence-corrected chi connectivity index (χ1v) is 11.3. The highest BCUT2D eigenvalue weighted by Crippen LogP contribution is 2.33. The topological polar surface area (TPSA) is 39.1 Å². The normalized spacial score (nSPS) is 13.8. The SMILES string of the molecule is C=CC(C)(CCCC=C(C)C)Cc1c(C)ccn1S(=O)(=O)c1ccc(C)cc1. The number of allylic oxidation sites excluding steroid dienone is 3. The van der Waals surface area contributed by atoms with E-state index in [0.717, 1.165) is 36.1 Å². The maximum atomic E-state index is 13.2. The molecule has 0 amide bonds. The van der Waals surface area contributed by atoms with Gasteiger partial charge in [0.2, 0.25) is 0 Å². The quantitative estimate of drug-likeness (QED) is 0.371. The van der Waals surface area contributed by atoms with Gasteiger partial charge in [0.05, 0.1) is 4.90 Å². The maximum Gasteiger partial charge on any atom is 0.267 e. The molecule has 0 saturated carbocycles. The first kappa shape index (κ1) is 22.2. The molecule has 0 aliphatic heterocycles. The van der Waals surface area contributed by atoms with Crippen LogP contribution in [0.2, 0.25) is 0 Å². The molecule has 1 aromatic heterocycles. The smallest absolute Gasteiger partial charge is 0.246 e. The van der Waals surface area contributed by atoms with E-state index < -0.39 is 10.0 Å². The third-order valence-electron chi connectivity index (χ3n) is 5.33. The summed E-state index contributed by atoms with van der Waals surface area (Å²) in [6.07, 6.45) is 9.60. The molecule has 0 aliphatic carbocycles. The summed E-state index contributed by atoms with van der Waals surface area (Å²) in [5.74, 6) is 0. The van der Waals surface area contributed by atoms with E-state index in [0.29, 0.717) is 11.3 Å². The Hall–Kier alpha value is -2.07. The number of benzene rings is 1. The van der Waals surface area contributed by atoms with E-state index in [1.54, 1.807) is 18.3 Å². The van der Waals surface area contributed by atoms with Gasteiger partial charge in [0.1, 0.15) is 0 Å². The Kier molecular flexibility index (Phi) is 7.11. The standard InChI is InChI=1S/C24H33NO2S/c1-7-24(6,16-9-8-10-19(2)3)18-23-21(5)15-17-25(23)28(26,27)22-13-11-20(4)12-14-22/h7,10-15,17H,1,8-9,16,18H2,2-6H3. The minimum atomic E-state index is -3.61. The lowest BCUT2D eigenvalue weighted by molar-refractivity contribution is 0.373. The van der Waals surface area contributed by atoms with Crippen LogP contribution >= 0.6 is 0 Å². The zero-order chi connectivity index (χ0) is 20.9. The van der Waals surface area contributed by atoms with Crippen molar-refractivity contribution >= 4 is 10.0 Å². The van der Waals surface area contributed by atoms with Crippen molar-refractivity contribution in [3.8, 4) is 0 Å². The molecule has 1 atom stereocenters.